The Labute approximate surface area is 153 Å². The normalized spacial score (nSPS) is 17.2. The molecule has 0 bridgehead atoms. The van der Waals surface area contributed by atoms with Crippen molar-refractivity contribution in [3.8, 4) is 0 Å². The van der Waals surface area contributed by atoms with Gasteiger partial charge >= 0.3 is 6.03 Å². The first-order valence-corrected chi connectivity index (χ1v) is 9.10. The molecule has 2 heterocycles. The molecule has 2 aromatic rings. The molecule has 3 rings (SSSR count). The summed E-state index contributed by atoms with van der Waals surface area (Å²) in [6.45, 7) is 5.42. The Balaban J connectivity index is 1.72. The van der Waals surface area contributed by atoms with Gasteiger partial charge in [0.15, 0.2) is 0 Å². The number of amides is 2. The SMILES string of the molecule is CCN1CCCC1CN(Cc1ccncc1)C(=O)Nc1ccc(F)cc1. The van der Waals surface area contributed by atoms with Crippen molar-refractivity contribution in [2.45, 2.75) is 32.4 Å². The van der Waals surface area contributed by atoms with Gasteiger partial charge in [0, 0.05) is 37.2 Å². The summed E-state index contributed by atoms with van der Waals surface area (Å²) in [6.07, 6.45) is 5.74. The van der Waals surface area contributed by atoms with Crippen LogP contribution in [0.2, 0.25) is 0 Å². The van der Waals surface area contributed by atoms with Crippen LogP contribution >= 0.6 is 0 Å². The number of carbonyl (C=O) groups excluding carboxylic acids is 1. The van der Waals surface area contributed by atoms with E-state index in [0.717, 1.165) is 25.1 Å². The Morgan fingerprint density at radius 2 is 2.00 bits per heavy atom. The first-order chi connectivity index (χ1) is 12.7. The summed E-state index contributed by atoms with van der Waals surface area (Å²) in [5.41, 5.74) is 1.63. The summed E-state index contributed by atoms with van der Waals surface area (Å²) in [7, 11) is 0. The molecule has 0 aliphatic carbocycles. The number of hydrogen-bond donors (Lipinski definition) is 1. The average Bonchev–Trinajstić information content (AvgIpc) is 3.11. The van der Waals surface area contributed by atoms with Crippen molar-refractivity contribution in [3.63, 3.8) is 0 Å². The summed E-state index contributed by atoms with van der Waals surface area (Å²) in [4.78, 5) is 21.2. The lowest BCUT2D eigenvalue weighted by atomic mass is 10.2. The number of pyridine rings is 1. The molecule has 0 saturated carbocycles. The van der Waals surface area contributed by atoms with Crippen LogP contribution in [0.4, 0.5) is 14.9 Å². The minimum absolute atomic E-state index is 0.170. The van der Waals surface area contributed by atoms with Gasteiger partial charge in [-0.2, -0.15) is 0 Å². The summed E-state index contributed by atoms with van der Waals surface area (Å²) >= 11 is 0. The first kappa shape index (κ1) is 18.3. The molecule has 0 radical (unpaired) electrons. The summed E-state index contributed by atoms with van der Waals surface area (Å²) < 4.78 is 13.1. The molecule has 1 aliphatic heterocycles. The van der Waals surface area contributed by atoms with E-state index in [1.807, 2.05) is 17.0 Å². The maximum Gasteiger partial charge on any atom is 0.322 e. The lowest BCUT2D eigenvalue weighted by molar-refractivity contribution is 0.175. The van der Waals surface area contributed by atoms with Crippen LogP contribution in [-0.4, -0.2) is 46.5 Å². The third kappa shape index (κ3) is 4.79. The fourth-order valence-electron chi connectivity index (χ4n) is 3.44. The van der Waals surface area contributed by atoms with Crippen LogP contribution < -0.4 is 5.32 Å². The molecular weight excluding hydrogens is 331 g/mol. The van der Waals surface area contributed by atoms with Crippen LogP contribution in [0, 0.1) is 5.82 Å². The van der Waals surface area contributed by atoms with Crippen LogP contribution in [0.15, 0.2) is 48.8 Å². The highest BCUT2D eigenvalue weighted by Crippen LogP contribution is 2.19. The smallest absolute Gasteiger partial charge is 0.319 e. The molecule has 6 heteroatoms. The number of anilines is 1. The van der Waals surface area contributed by atoms with Crippen molar-refractivity contribution >= 4 is 11.7 Å². The predicted octanol–water partition coefficient (Wildman–Crippen LogP) is 3.74. The van der Waals surface area contributed by atoms with Gasteiger partial charge < -0.3 is 10.2 Å². The third-order valence-electron chi connectivity index (χ3n) is 4.84. The second kappa shape index (κ2) is 8.76. The van der Waals surface area contributed by atoms with E-state index in [2.05, 4.69) is 22.1 Å². The molecule has 0 spiro atoms. The third-order valence-corrected chi connectivity index (χ3v) is 4.84. The van der Waals surface area contributed by atoms with E-state index in [4.69, 9.17) is 0 Å². The topological polar surface area (TPSA) is 48.5 Å². The van der Waals surface area contributed by atoms with Gasteiger partial charge in [0.1, 0.15) is 5.82 Å². The predicted molar refractivity (Wildman–Crippen MR) is 100 cm³/mol. The number of carbonyl (C=O) groups is 1. The van der Waals surface area contributed by atoms with E-state index >= 15 is 0 Å². The Bertz CT molecular complexity index is 708. The minimum atomic E-state index is -0.318. The standard InChI is InChI=1S/C20H25FN4O/c1-2-24-13-3-4-19(24)15-25(14-16-9-11-22-12-10-16)20(26)23-18-7-5-17(21)6-8-18/h5-12,19H,2-4,13-15H2,1H3,(H,23,26). The minimum Gasteiger partial charge on any atom is -0.319 e. The zero-order valence-electron chi connectivity index (χ0n) is 15.1. The number of benzene rings is 1. The molecule has 1 atom stereocenters. The average molecular weight is 356 g/mol. The van der Waals surface area contributed by atoms with E-state index in [0.29, 0.717) is 24.8 Å². The van der Waals surface area contributed by atoms with Crippen LogP contribution in [0.25, 0.3) is 0 Å². The number of nitrogens with one attached hydrogen (secondary N) is 1. The van der Waals surface area contributed by atoms with E-state index < -0.39 is 0 Å². The Hall–Kier alpha value is -2.47. The van der Waals surface area contributed by atoms with Crippen molar-refractivity contribution in [2.75, 3.05) is 25.0 Å². The molecule has 26 heavy (non-hydrogen) atoms. The molecule has 1 aromatic carbocycles. The van der Waals surface area contributed by atoms with Gasteiger partial charge in [-0.25, -0.2) is 9.18 Å². The van der Waals surface area contributed by atoms with Gasteiger partial charge in [-0.15, -0.1) is 0 Å². The van der Waals surface area contributed by atoms with Crippen molar-refractivity contribution in [3.05, 3.63) is 60.2 Å². The van der Waals surface area contributed by atoms with Crippen molar-refractivity contribution < 1.29 is 9.18 Å². The Morgan fingerprint density at radius 3 is 2.69 bits per heavy atom. The van der Waals surface area contributed by atoms with Gasteiger partial charge in [-0.3, -0.25) is 9.88 Å². The highest BCUT2D eigenvalue weighted by atomic mass is 19.1. The Morgan fingerprint density at radius 1 is 1.27 bits per heavy atom. The first-order valence-electron chi connectivity index (χ1n) is 9.10. The van der Waals surface area contributed by atoms with E-state index in [9.17, 15) is 9.18 Å². The molecule has 1 aromatic heterocycles. The molecule has 1 aliphatic rings. The van der Waals surface area contributed by atoms with Crippen LogP contribution in [0.3, 0.4) is 0 Å². The second-order valence-electron chi connectivity index (χ2n) is 6.60. The lowest BCUT2D eigenvalue weighted by Crippen LogP contribution is -2.44. The largest absolute Gasteiger partial charge is 0.322 e. The van der Waals surface area contributed by atoms with Crippen molar-refractivity contribution in [1.82, 2.24) is 14.8 Å². The zero-order chi connectivity index (χ0) is 18.4. The van der Waals surface area contributed by atoms with Crippen LogP contribution in [0.5, 0.6) is 0 Å². The summed E-state index contributed by atoms with van der Waals surface area (Å²) in [5, 5.41) is 2.88. The number of aromatic nitrogens is 1. The van der Waals surface area contributed by atoms with E-state index in [1.54, 1.807) is 24.5 Å². The zero-order valence-corrected chi connectivity index (χ0v) is 15.1. The molecule has 1 saturated heterocycles. The van der Waals surface area contributed by atoms with Gasteiger partial charge in [0.25, 0.3) is 0 Å². The monoisotopic (exact) mass is 356 g/mol. The maximum atomic E-state index is 13.1. The molecular formula is C20H25FN4O. The molecule has 138 valence electrons. The second-order valence-corrected chi connectivity index (χ2v) is 6.60. The Kier molecular flexibility index (Phi) is 6.17. The molecule has 5 nitrogen and oxygen atoms in total. The quantitative estimate of drug-likeness (QED) is 0.858. The van der Waals surface area contributed by atoms with Crippen molar-refractivity contribution in [2.24, 2.45) is 0 Å². The van der Waals surface area contributed by atoms with Crippen LogP contribution in [0.1, 0.15) is 25.3 Å². The molecule has 1 N–H and O–H groups in total. The van der Waals surface area contributed by atoms with Gasteiger partial charge in [-0.1, -0.05) is 6.92 Å². The van der Waals surface area contributed by atoms with Gasteiger partial charge in [-0.05, 0) is 67.9 Å². The highest BCUT2D eigenvalue weighted by molar-refractivity contribution is 5.89. The highest BCUT2D eigenvalue weighted by Gasteiger charge is 2.27. The summed E-state index contributed by atoms with van der Waals surface area (Å²) in [5.74, 6) is -0.318. The number of urea groups is 1. The fraction of sp³-hybridized carbons (Fsp3) is 0.400. The number of rotatable bonds is 6. The number of hydrogen-bond acceptors (Lipinski definition) is 3. The molecule has 2 amide bonds. The molecule has 1 fully saturated rings. The van der Waals surface area contributed by atoms with Gasteiger partial charge in [0.05, 0.1) is 0 Å². The number of nitrogens with zero attached hydrogens (tertiary/aromatic N) is 3. The number of likely N-dealkylation sites (tertiary alicyclic amines) is 1. The summed E-state index contributed by atoms with van der Waals surface area (Å²) in [6, 6.07) is 9.89. The number of likely N-dealkylation sites (N-methyl/N-ethyl adjacent to an activating group) is 1. The number of halogens is 1. The fourth-order valence-corrected chi connectivity index (χ4v) is 3.44. The van der Waals surface area contributed by atoms with Crippen molar-refractivity contribution in [1.29, 1.82) is 0 Å². The maximum absolute atomic E-state index is 13.1. The van der Waals surface area contributed by atoms with E-state index in [1.165, 1.54) is 18.6 Å². The lowest BCUT2D eigenvalue weighted by Gasteiger charge is -2.30. The molecule has 1 unspecified atom stereocenters. The van der Waals surface area contributed by atoms with Gasteiger partial charge in [0.2, 0.25) is 0 Å². The van der Waals surface area contributed by atoms with Crippen LogP contribution in [-0.2, 0) is 6.54 Å². The van der Waals surface area contributed by atoms with E-state index in [-0.39, 0.29) is 11.8 Å².